The van der Waals surface area contributed by atoms with Crippen LogP contribution in [-0.2, 0) is 16.1 Å². The first kappa shape index (κ1) is 20.1. The number of morpholine rings is 1. The van der Waals surface area contributed by atoms with Crippen LogP contribution in [-0.4, -0.2) is 41.9 Å². The zero-order valence-corrected chi connectivity index (χ0v) is 17.9. The number of quaternary nitrogens is 1. The lowest BCUT2D eigenvalue weighted by Crippen LogP contribution is -3.11. The Balaban J connectivity index is 0.00000205. The molecule has 7 heteroatoms. The molecule has 3 heterocycles. The molecular weight excluding hydrogens is 481 g/mol. The largest absolute Gasteiger partial charge is 1.00 e. The zero-order chi connectivity index (χ0) is 19.1. The number of nitrogens with one attached hydrogen (secondary N) is 1. The minimum absolute atomic E-state index is 0. The smallest absolute Gasteiger partial charge is 0.279 e. The lowest BCUT2D eigenvalue weighted by Gasteiger charge is -2.32. The quantitative estimate of drug-likeness (QED) is 0.292. The fourth-order valence-corrected chi connectivity index (χ4v) is 4.12. The van der Waals surface area contributed by atoms with E-state index >= 15 is 0 Å². The lowest BCUT2D eigenvalue weighted by atomic mass is 10.0. The Bertz CT molecular complexity index is 1200. The van der Waals surface area contributed by atoms with Crippen molar-refractivity contribution in [3.05, 3.63) is 71.2 Å². The first-order valence-corrected chi connectivity index (χ1v) is 9.52. The number of carbonyl (C=O) groups is 1. The summed E-state index contributed by atoms with van der Waals surface area (Å²) in [6.07, 6.45) is 0. The Kier molecular flexibility index (Phi) is 5.71. The first-order valence-electron chi connectivity index (χ1n) is 9.52. The van der Waals surface area contributed by atoms with E-state index in [0.29, 0.717) is 29.6 Å². The average molecular weight is 502 g/mol. The second-order valence-electron chi connectivity index (χ2n) is 7.11. The van der Waals surface area contributed by atoms with Crippen molar-refractivity contribution in [2.75, 3.05) is 26.3 Å². The first-order chi connectivity index (χ1) is 13.7. The van der Waals surface area contributed by atoms with Crippen molar-refractivity contribution in [3.8, 4) is 5.88 Å². The molecule has 6 nitrogen and oxygen atoms in total. The van der Waals surface area contributed by atoms with Gasteiger partial charge in [0.05, 0.1) is 48.3 Å². The van der Waals surface area contributed by atoms with E-state index in [4.69, 9.17) is 4.74 Å². The van der Waals surface area contributed by atoms with Gasteiger partial charge in [-0.25, -0.2) is 4.99 Å². The van der Waals surface area contributed by atoms with E-state index in [9.17, 15) is 9.90 Å². The number of hydrogen-bond acceptors (Lipinski definition) is 3. The van der Waals surface area contributed by atoms with Gasteiger partial charge in [-0.2, -0.15) is 0 Å². The highest BCUT2D eigenvalue weighted by Crippen LogP contribution is 2.36. The number of nitrogens with zero attached hydrogens (tertiary/aromatic N) is 2. The highest BCUT2D eigenvalue weighted by molar-refractivity contribution is 6.24. The van der Waals surface area contributed by atoms with Gasteiger partial charge in [0.1, 0.15) is 0 Å². The Hall–Kier alpha value is -2.23. The van der Waals surface area contributed by atoms with Gasteiger partial charge in [-0.1, -0.05) is 36.4 Å². The number of carbonyl (C=O) groups excluding carboxylic acids is 1. The Morgan fingerprint density at radius 1 is 1.17 bits per heavy atom. The zero-order valence-electron chi connectivity index (χ0n) is 15.8. The molecule has 2 N–H and O–H groups in total. The van der Waals surface area contributed by atoms with Crippen molar-refractivity contribution in [2.24, 2.45) is 4.99 Å². The Morgan fingerprint density at radius 3 is 2.79 bits per heavy atom. The summed E-state index contributed by atoms with van der Waals surface area (Å²) in [6.45, 7) is 5.95. The number of hydrogen-bond donors (Lipinski definition) is 2. The maximum Gasteiger partial charge on any atom is 0.279 e. The van der Waals surface area contributed by atoms with Crippen molar-refractivity contribution in [1.82, 2.24) is 4.57 Å². The van der Waals surface area contributed by atoms with Crippen molar-refractivity contribution >= 4 is 22.4 Å². The normalized spacial score (nSPS) is 18.4. The van der Waals surface area contributed by atoms with Gasteiger partial charge in [-0.05, 0) is 18.7 Å². The number of para-hydroxylation sites is 2. The van der Waals surface area contributed by atoms with Crippen LogP contribution >= 0.6 is 0 Å². The molecule has 0 spiro atoms. The number of aromatic nitrogens is 1. The lowest BCUT2D eigenvalue weighted by molar-refractivity contribution is -0.878. The molecule has 5 rings (SSSR count). The van der Waals surface area contributed by atoms with Crippen LogP contribution in [0, 0.1) is 6.54 Å². The molecule has 1 fully saturated rings. The van der Waals surface area contributed by atoms with E-state index in [-0.39, 0.29) is 35.8 Å². The minimum Gasteiger partial charge on any atom is -1.00 e. The van der Waals surface area contributed by atoms with Gasteiger partial charge in [0, 0.05) is 10.6 Å². The van der Waals surface area contributed by atoms with Crippen LogP contribution in [0.2, 0.25) is 0 Å². The topological polar surface area (TPSA) is 68.3 Å². The van der Waals surface area contributed by atoms with E-state index in [1.165, 1.54) is 4.90 Å². The Labute approximate surface area is 185 Å². The van der Waals surface area contributed by atoms with Gasteiger partial charge in [-0.15, -0.1) is 6.54 Å². The predicted molar refractivity (Wildman–Crippen MR) is 104 cm³/mol. The van der Waals surface area contributed by atoms with E-state index in [1.54, 1.807) is 0 Å². The van der Waals surface area contributed by atoms with Gasteiger partial charge in [0.25, 0.3) is 5.91 Å². The van der Waals surface area contributed by atoms with Gasteiger partial charge >= 0.3 is 0 Å². The van der Waals surface area contributed by atoms with Crippen LogP contribution in [0.1, 0.15) is 5.56 Å². The molecule has 0 saturated carbocycles. The van der Waals surface area contributed by atoms with Crippen LogP contribution < -0.4 is 39.5 Å². The molecule has 1 saturated heterocycles. The third-order valence-corrected chi connectivity index (χ3v) is 5.52. The molecule has 0 bridgehead atoms. The number of amides is 1. The molecule has 1 unspecified atom stereocenters. The van der Waals surface area contributed by atoms with Crippen LogP contribution in [0.3, 0.4) is 0 Å². The standard InChI is InChI=1S/C22H21N3O3.HI/c26-21-19(15-5-1-3-7-17(15)23-21)20-16-6-2-4-8-18(16)25(22(20)27)10-9-24-11-13-28-14-12-24;/h1-8,11,24,27H,9-10,12-14H2;1H/p-1. The molecule has 0 radical (unpaired) electrons. The van der Waals surface area contributed by atoms with Crippen LogP contribution in [0.15, 0.2) is 53.5 Å². The molecule has 29 heavy (non-hydrogen) atoms. The molecule has 3 aromatic rings. The number of halogens is 1. The summed E-state index contributed by atoms with van der Waals surface area (Å²) in [5.74, 6) is -0.171. The number of ether oxygens (including phenoxy) is 1. The van der Waals surface area contributed by atoms with E-state index in [0.717, 1.165) is 35.8 Å². The number of aromatic hydroxyl groups is 1. The fourth-order valence-electron chi connectivity index (χ4n) is 4.12. The monoisotopic (exact) mass is 502 g/mol. The molecule has 2 aliphatic heterocycles. The van der Waals surface area contributed by atoms with E-state index in [2.05, 4.69) is 11.5 Å². The molecule has 1 amide bonds. The summed E-state index contributed by atoms with van der Waals surface area (Å²) < 4.78 is 7.28. The van der Waals surface area contributed by atoms with Crippen molar-refractivity contribution in [1.29, 1.82) is 0 Å². The van der Waals surface area contributed by atoms with Crippen molar-refractivity contribution in [3.63, 3.8) is 0 Å². The minimum atomic E-state index is -0.299. The molecule has 2 aliphatic rings. The summed E-state index contributed by atoms with van der Waals surface area (Å²) in [5.41, 5.74) is 1.98. The van der Waals surface area contributed by atoms with Crippen LogP contribution in [0.5, 0.6) is 5.88 Å². The third-order valence-electron chi connectivity index (χ3n) is 5.52. The van der Waals surface area contributed by atoms with Gasteiger partial charge in [0.2, 0.25) is 5.88 Å². The molecule has 1 atom stereocenters. The average Bonchev–Trinajstić information content (AvgIpc) is 3.19. The molecule has 150 valence electrons. The molecule has 1 aromatic heterocycles. The number of rotatable bonds is 4. The second-order valence-corrected chi connectivity index (χ2v) is 7.11. The Morgan fingerprint density at radius 2 is 1.97 bits per heavy atom. The fraction of sp³-hybridized carbons (Fsp3) is 0.227. The molecule has 0 aliphatic carbocycles. The summed E-state index contributed by atoms with van der Waals surface area (Å²) >= 11 is 0. The maximum atomic E-state index is 12.7. The summed E-state index contributed by atoms with van der Waals surface area (Å²) in [5, 5.41) is 13.5. The van der Waals surface area contributed by atoms with E-state index < -0.39 is 0 Å². The second kappa shape index (κ2) is 8.25. The molecule has 2 aromatic carbocycles. The van der Waals surface area contributed by atoms with Gasteiger partial charge in [0.15, 0.2) is 0 Å². The maximum absolute atomic E-state index is 12.7. The summed E-state index contributed by atoms with van der Waals surface area (Å²) in [7, 11) is 0. The van der Waals surface area contributed by atoms with Crippen LogP contribution in [0.4, 0.5) is 0 Å². The third kappa shape index (κ3) is 3.47. The van der Waals surface area contributed by atoms with Crippen molar-refractivity contribution in [2.45, 2.75) is 6.54 Å². The SMILES string of the molecule is O=C1N=c2ccccc2=C1c1c(O)n(CC[NH+]2[CH-]COCC2)c2ccccc12.[I-]. The predicted octanol–water partition coefficient (Wildman–Crippen LogP) is -3.21. The summed E-state index contributed by atoms with van der Waals surface area (Å²) in [6, 6.07) is 15.3. The molecular formula is C22H21IN3O3-. The van der Waals surface area contributed by atoms with Gasteiger partial charge < -0.3 is 43.3 Å². The highest BCUT2D eigenvalue weighted by atomic mass is 127. The number of fused-ring (bicyclic) bond motifs is 2. The highest BCUT2D eigenvalue weighted by Gasteiger charge is 2.27. The van der Waals surface area contributed by atoms with E-state index in [1.807, 2.05) is 53.1 Å². The van der Waals surface area contributed by atoms with Crippen molar-refractivity contribution < 1.29 is 43.5 Å². The van der Waals surface area contributed by atoms with Crippen LogP contribution in [0.25, 0.3) is 16.5 Å². The summed E-state index contributed by atoms with van der Waals surface area (Å²) in [4.78, 5) is 18.2. The van der Waals surface area contributed by atoms with Gasteiger partial charge in [-0.3, -0.25) is 4.79 Å². The number of benzene rings is 2.